The first-order chi connectivity index (χ1) is 13.4. The lowest BCUT2D eigenvalue weighted by molar-refractivity contribution is -0.384. The molecule has 3 rings (SSSR count). The van der Waals surface area contributed by atoms with Gasteiger partial charge in [0, 0.05) is 17.8 Å². The SMILES string of the molecule is COC(=O)c1ccc(NC(=O)Cn2cnc3ccc([N+](=O)[O-])cc3c2=O)cc1. The number of non-ortho nitro benzene ring substituents is 1. The zero-order valence-electron chi connectivity index (χ0n) is 14.6. The highest BCUT2D eigenvalue weighted by Crippen LogP contribution is 2.16. The second-order valence-electron chi connectivity index (χ2n) is 5.75. The lowest BCUT2D eigenvalue weighted by atomic mass is 10.2. The Kier molecular flexibility index (Phi) is 5.12. The Morgan fingerprint density at radius 3 is 2.57 bits per heavy atom. The van der Waals surface area contributed by atoms with Gasteiger partial charge in [0.1, 0.15) is 6.54 Å². The number of methoxy groups -OCH3 is 1. The summed E-state index contributed by atoms with van der Waals surface area (Å²) in [6, 6.07) is 9.79. The van der Waals surface area contributed by atoms with Gasteiger partial charge in [0.05, 0.1) is 34.8 Å². The smallest absolute Gasteiger partial charge is 0.337 e. The predicted molar refractivity (Wildman–Crippen MR) is 99.1 cm³/mol. The molecule has 0 aliphatic rings. The van der Waals surface area contributed by atoms with E-state index in [1.165, 1.54) is 49.8 Å². The molecule has 28 heavy (non-hydrogen) atoms. The number of amides is 1. The first-order valence-corrected chi connectivity index (χ1v) is 8.01. The molecule has 0 unspecified atom stereocenters. The van der Waals surface area contributed by atoms with Gasteiger partial charge in [-0.2, -0.15) is 0 Å². The van der Waals surface area contributed by atoms with Crippen LogP contribution in [0.4, 0.5) is 11.4 Å². The molecule has 0 saturated carbocycles. The van der Waals surface area contributed by atoms with Gasteiger partial charge < -0.3 is 10.1 Å². The molecule has 0 fully saturated rings. The summed E-state index contributed by atoms with van der Waals surface area (Å²) in [4.78, 5) is 50.5. The highest BCUT2D eigenvalue weighted by Gasteiger charge is 2.13. The second kappa shape index (κ2) is 7.66. The van der Waals surface area contributed by atoms with Crippen LogP contribution in [0.1, 0.15) is 10.4 Å². The Morgan fingerprint density at radius 1 is 1.21 bits per heavy atom. The molecule has 10 heteroatoms. The number of nitro benzene ring substituents is 1. The zero-order chi connectivity index (χ0) is 20.3. The lowest BCUT2D eigenvalue weighted by Crippen LogP contribution is -2.28. The number of carbonyl (C=O) groups excluding carboxylic acids is 2. The van der Waals surface area contributed by atoms with Crippen LogP contribution in [-0.4, -0.2) is 33.5 Å². The van der Waals surface area contributed by atoms with E-state index in [0.29, 0.717) is 16.8 Å². The summed E-state index contributed by atoms with van der Waals surface area (Å²) in [6.45, 7) is -0.330. The van der Waals surface area contributed by atoms with E-state index < -0.39 is 22.4 Å². The number of benzene rings is 2. The summed E-state index contributed by atoms with van der Waals surface area (Å²) in [5.41, 5.74) is 0.252. The minimum Gasteiger partial charge on any atom is -0.465 e. The molecule has 1 heterocycles. The number of ether oxygens (including phenoxy) is 1. The number of nitrogens with zero attached hydrogens (tertiary/aromatic N) is 3. The van der Waals surface area contributed by atoms with Crippen LogP contribution >= 0.6 is 0 Å². The van der Waals surface area contributed by atoms with Crippen molar-refractivity contribution in [2.24, 2.45) is 0 Å². The van der Waals surface area contributed by atoms with E-state index in [1.54, 1.807) is 0 Å². The van der Waals surface area contributed by atoms with Crippen LogP contribution in [0.2, 0.25) is 0 Å². The monoisotopic (exact) mass is 382 g/mol. The highest BCUT2D eigenvalue weighted by atomic mass is 16.6. The van der Waals surface area contributed by atoms with Gasteiger partial charge in [-0.05, 0) is 30.3 Å². The molecule has 0 radical (unpaired) electrons. The fourth-order valence-corrected chi connectivity index (χ4v) is 2.54. The molecule has 1 amide bonds. The third kappa shape index (κ3) is 3.85. The summed E-state index contributed by atoms with van der Waals surface area (Å²) in [5, 5.41) is 13.5. The molecule has 10 nitrogen and oxygen atoms in total. The lowest BCUT2D eigenvalue weighted by Gasteiger charge is -2.08. The standard InChI is InChI=1S/C18H14N4O6/c1-28-18(25)11-2-4-12(5-3-11)20-16(23)9-21-10-19-15-7-6-13(22(26)27)8-14(15)17(21)24/h2-8,10H,9H2,1H3,(H,20,23). The van der Waals surface area contributed by atoms with Crippen LogP contribution in [-0.2, 0) is 16.1 Å². The van der Waals surface area contributed by atoms with E-state index in [9.17, 15) is 24.5 Å². The number of fused-ring (bicyclic) bond motifs is 1. The molecule has 142 valence electrons. The summed E-state index contributed by atoms with van der Waals surface area (Å²) in [6.07, 6.45) is 1.20. The van der Waals surface area contributed by atoms with Crippen molar-refractivity contribution in [3.8, 4) is 0 Å². The molecule has 1 N–H and O–H groups in total. The molecule has 0 aliphatic heterocycles. The maximum atomic E-state index is 12.5. The van der Waals surface area contributed by atoms with E-state index >= 15 is 0 Å². The number of anilines is 1. The molecule has 0 bridgehead atoms. The molecular weight excluding hydrogens is 368 g/mol. The number of nitrogens with one attached hydrogen (secondary N) is 1. The van der Waals surface area contributed by atoms with E-state index in [0.717, 1.165) is 10.6 Å². The van der Waals surface area contributed by atoms with Crippen LogP contribution < -0.4 is 10.9 Å². The number of carbonyl (C=O) groups is 2. The van der Waals surface area contributed by atoms with Crippen molar-refractivity contribution >= 4 is 34.2 Å². The molecule has 2 aromatic carbocycles. The normalized spacial score (nSPS) is 10.5. The van der Waals surface area contributed by atoms with Crippen LogP contribution in [0.3, 0.4) is 0 Å². The molecule has 1 aromatic heterocycles. The van der Waals surface area contributed by atoms with Crippen molar-refractivity contribution in [2.45, 2.75) is 6.54 Å². The Labute approximate surface area is 157 Å². The molecule has 0 saturated heterocycles. The van der Waals surface area contributed by atoms with Gasteiger partial charge in [0.2, 0.25) is 5.91 Å². The van der Waals surface area contributed by atoms with Gasteiger partial charge in [0.25, 0.3) is 11.2 Å². The first-order valence-electron chi connectivity index (χ1n) is 8.01. The minimum atomic E-state index is -0.610. The van der Waals surface area contributed by atoms with Crippen molar-refractivity contribution in [3.63, 3.8) is 0 Å². The maximum absolute atomic E-state index is 12.5. The fraction of sp³-hybridized carbons (Fsp3) is 0.111. The van der Waals surface area contributed by atoms with Crippen LogP contribution in [0.5, 0.6) is 0 Å². The average molecular weight is 382 g/mol. The number of nitro groups is 1. The average Bonchev–Trinajstić information content (AvgIpc) is 2.69. The highest BCUT2D eigenvalue weighted by molar-refractivity contribution is 5.93. The summed E-state index contributed by atoms with van der Waals surface area (Å²) >= 11 is 0. The van der Waals surface area contributed by atoms with Gasteiger partial charge in [-0.15, -0.1) is 0 Å². The van der Waals surface area contributed by atoms with Gasteiger partial charge in [-0.25, -0.2) is 9.78 Å². The van der Waals surface area contributed by atoms with Crippen molar-refractivity contribution in [3.05, 3.63) is 74.8 Å². The Bertz CT molecular complexity index is 1140. The second-order valence-corrected chi connectivity index (χ2v) is 5.75. The van der Waals surface area contributed by atoms with Gasteiger partial charge in [-0.1, -0.05) is 0 Å². The van der Waals surface area contributed by atoms with Gasteiger partial charge in [-0.3, -0.25) is 24.3 Å². The molecule has 0 spiro atoms. The van der Waals surface area contributed by atoms with E-state index in [4.69, 9.17) is 0 Å². The van der Waals surface area contributed by atoms with Crippen LogP contribution in [0, 0.1) is 10.1 Å². The van der Waals surface area contributed by atoms with E-state index in [1.807, 2.05) is 0 Å². The topological polar surface area (TPSA) is 133 Å². The summed E-state index contributed by atoms with van der Waals surface area (Å²) in [5.74, 6) is -1.000. The van der Waals surface area contributed by atoms with Crippen LogP contribution in [0.25, 0.3) is 10.9 Å². The Hall–Kier alpha value is -4.08. The molecule has 0 aliphatic carbocycles. The predicted octanol–water partition coefficient (Wildman–Crippen LogP) is 1.73. The molecular formula is C18H14N4O6. The zero-order valence-corrected chi connectivity index (χ0v) is 14.6. The van der Waals surface area contributed by atoms with Gasteiger partial charge in [0.15, 0.2) is 0 Å². The summed E-state index contributed by atoms with van der Waals surface area (Å²) in [7, 11) is 1.27. The largest absolute Gasteiger partial charge is 0.465 e. The van der Waals surface area contributed by atoms with Gasteiger partial charge >= 0.3 is 5.97 Å². The molecule has 0 atom stereocenters. The number of rotatable bonds is 5. The number of hydrogen-bond donors (Lipinski definition) is 1. The summed E-state index contributed by atoms with van der Waals surface area (Å²) < 4.78 is 5.65. The maximum Gasteiger partial charge on any atom is 0.337 e. The van der Waals surface area contributed by atoms with E-state index in [-0.39, 0.29) is 17.6 Å². The number of hydrogen-bond acceptors (Lipinski definition) is 7. The fourth-order valence-electron chi connectivity index (χ4n) is 2.54. The minimum absolute atomic E-state index is 0.0481. The third-order valence-electron chi connectivity index (χ3n) is 3.92. The molecule has 3 aromatic rings. The first kappa shape index (κ1) is 18.7. The number of aromatic nitrogens is 2. The Balaban J connectivity index is 1.79. The van der Waals surface area contributed by atoms with Crippen molar-refractivity contribution in [2.75, 3.05) is 12.4 Å². The van der Waals surface area contributed by atoms with Crippen molar-refractivity contribution < 1.29 is 19.2 Å². The quantitative estimate of drug-likeness (QED) is 0.403. The van der Waals surface area contributed by atoms with E-state index in [2.05, 4.69) is 15.0 Å². The Morgan fingerprint density at radius 2 is 1.93 bits per heavy atom. The van der Waals surface area contributed by atoms with Crippen molar-refractivity contribution in [1.29, 1.82) is 0 Å². The number of esters is 1. The van der Waals surface area contributed by atoms with Crippen molar-refractivity contribution in [1.82, 2.24) is 9.55 Å². The van der Waals surface area contributed by atoms with Crippen LogP contribution in [0.15, 0.2) is 53.6 Å². The third-order valence-corrected chi connectivity index (χ3v) is 3.92.